The molecule has 2 bridgehead atoms. The Bertz CT molecular complexity index is 205. The highest BCUT2D eigenvalue weighted by Crippen LogP contribution is 2.50. The van der Waals surface area contributed by atoms with Crippen molar-refractivity contribution in [2.75, 3.05) is 0 Å². The number of fused-ring (bicyclic) bond motifs is 2. The molecule has 0 aromatic heterocycles. The SMILES string of the molecule is O=C(O)C(Br)C1CC2CCC1C2. The van der Waals surface area contributed by atoms with Crippen LogP contribution in [0.15, 0.2) is 0 Å². The third-order valence-corrected chi connectivity index (χ3v) is 4.48. The van der Waals surface area contributed by atoms with Crippen LogP contribution >= 0.6 is 15.9 Å². The van der Waals surface area contributed by atoms with Gasteiger partial charge in [-0.2, -0.15) is 0 Å². The van der Waals surface area contributed by atoms with Crippen LogP contribution in [0, 0.1) is 17.8 Å². The summed E-state index contributed by atoms with van der Waals surface area (Å²) in [6.07, 6.45) is 5.00. The Hall–Kier alpha value is -0.0500. The van der Waals surface area contributed by atoms with E-state index in [0.717, 1.165) is 12.3 Å². The number of aliphatic carboxylic acids is 1. The van der Waals surface area contributed by atoms with E-state index in [9.17, 15) is 4.79 Å². The molecule has 0 heterocycles. The Morgan fingerprint density at radius 2 is 2.17 bits per heavy atom. The van der Waals surface area contributed by atoms with Gasteiger partial charge in [0.15, 0.2) is 0 Å². The predicted molar refractivity (Wildman–Crippen MR) is 49.3 cm³/mol. The van der Waals surface area contributed by atoms with Gasteiger partial charge < -0.3 is 5.11 Å². The van der Waals surface area contributed by atoms with Crippen molar-refractivity contribution in [3.63, 3.8) is 0 Å². The standard InChI is InChI=1S/C9H13BrO2/c10-8(9(11)12)7-4-5-1-2-6(7)3-5/h5-8H,1-4H2,(H,11,12). The Morgan fingerprint density at radius 1 is 1.42 bits per heavy atom. The van der Waals surface area contributed by atoms with Gasteiger partial charge in [-0.15, -0.1) is 0 Å². The summed E-state index contributed by atoms with van der Waals surface area (Å²) in [6.45, 7) is 0. The Balaban J connectivity index is 2.02. The first-order valence-corrected chi connectivity index (χ1v) is 5.47. The molecule has 2 aliphatic carbocycles. The molecule has 0 saturated heterocycles. The van der Waals surface area contributed by atoms with Gasteiger partial charge in [0.25, 0.3) is 0 Å². The molecule has 12 heavy (non-hydrogen) atoms. The molecule has 2 nitrogen and oxygen atoms in total. The minimum Gasteiger partial charge on any atom is -0.480 e. The van der Waals surface area contributed by atoms with Gasteiger partial charge in [-0.25, -0.2) is 0 Å². The maximum Gasteiger partial charge on any atom is 0.317 e. The number of alkyl halides is 1. The van der Waals surface area contributed by atoms with Crippen molar-refractivity contribution in [2.45, 2.75) is 30.5 Å². The fourth-order valence-corrected chi connectivity index (χ4v) is 3.48. The molecule has 2 rings (SSSR count). The molecule has 1 N–H and O–H groups in total. The average molecular weight is 233 g/mol. The zero-order valence-corrected chi connectivity index (χ0v) is 8.46. The smallest absolute Gasteiger partial charge is 0.317 e. The van der Waals surface area contributed by atoms with E-state index in [1.807, 2.05) is 0 Å². The largest absolute Gasteiger partial charge is 0.480 e. The minimum absolute atomic E-state index is 0.298. The number of rotatable bonds is 2. The quantitative estimate of drug-likeness (QED) is 0.743. The van der Waals surface area contributed by atoms with Gasteiger partial charge in [0.1, 0.15) is 4.83 Å². The van der Waals surface area contributed by atoms with Crippen molar-refractivity contribution in [2.24, 2.45) is 17.8 Å². The van der Waals surface area contributed by atoms with E-state index in [4.69, 9.17) is 5.11 Å². The molecule has 3 heteroatoms. The third-order valence-electron chi connectivity index (χ3n) is 3.40. The summed E-state index contributed by atoms with van der Waals surface area (Å²) in [5, 5.41) is 8.82. The van der Waals surface area contributed by atoms with E-state index in [1.54, 1.807) is 0 Å². The average Bonchev–Trinajstić information content (AvgIpc) is 2.62. The molecule has 2 saturated carbocycles. The predicted octanol–water partition coefficient (Wildman–Crippen LogP) is 2.27. The van der Waals surface area contributed by atoms with Crippen LogP contribution in [-0.2, 0) is 4.79 Å². The zero-order valence-electron chi connectivity index (χ0n) is 6.87. The lowest BCUT2D eigenvalue weighted by Gasteiger charge is -2.23. The first-order valence-electron chi connectivity index (χ1n) is 4.55. The second kappa shape index (κ2) is 3.02. The molecule has 4 atom stereocenters. The van der Waals surface area contributed by atoms with Gasteiger partial charge in [-0.1, -0.05) is 22.4 Å². The summed E-state index contributed by atoms with van der Waals surface area (Å²) >= 11 is 3.27. The molecule has 0 aliphatic heterocycles. The van der Waals surface area contributed by atoms with Crippen LogP contribution in [0.3, 0.4) is 0 Å². The van der Waals surface area contributed by atoms with Crippen LogP contribution in [0.2, 0.25) is 0 Å². The normalized spacial score (nSPS) is 41.6. The maximum absolute atomic E-state index is 10.7. The van der Waals surface area contributed by atoms with Crippen molar-refractivity contribution in [1.29, 1.82) is 0 Å². The van der Waals surface area contributed by atoms with E-state index in [-0.39, 0.29) is 4.83 Å². The summed E-state index contributed by atoms with van der Waals surface area (Å²) in [5.74, 6) is 1.24. The number of hydrogen-bond donors (Lipinski definition) is 1. The van der Waals surface area contributed by atoms with Crippen molar-refractivity contribution in [3.8, 4) is 0 Å². The molecule has 2 aliphatic rings. The summed E-state index contributed by atoms with van der Waals surface area (Å²) in [7, 11) is 0. The molecule has 0 aromatic carbocycles. The highest BCUT2D eigenvalue weighted by molar-refractivity contribution is 9.10. The van der Waals surface area contributed by atoms with Gasteiger partial charge in [-0.05, 0) is 37.0 Å². The lowest BCUT2D eigenvalue weighted by atomic mass is 9.86. The first-order chi connectivity index (χ1) is 5.68. The molecule has 0 radical (unpaired) electrons. The fourth-order valence-electron chi connectivity index (χ4n) is 2.84. The molecule has 0 amide bonds. The van der Waals surface area contributed by atoms with Crippen molar-refractivity contribution in [1.82, 2.24) is 0 Å². The molecule has 4 unspecified atom stereocenters. The lowest BCUT2D eigenvalue weighted by molar-refractivity contribution is -0.137. The van der Waals surface area contributed by atoms with E-state index in [0.29, 0.717) is 11.8 Å². The van der Waals surface area contributed by atoms with Crippen LogP contribution < -0.4 is 0 Å². The van der Waals surface area contributed by atoms with E-state index >= 15 is 0 Å². The molecule has 0 aromatic rings. The van der Waals surface area contributed by atoms with Gasteiger partial charge in [0, 0.05) is 0 Å². The molecule has 68 valence electrons. The second-order valence-electron chi connectivity index (χ2n) is 4.08. The van der Waals surface area contributed by atoms with E-state index in [1.165, 1.54) is 19.3 Å². The Labute approximate surface area is 80.5 Å². The topological polar surface area (TPSA) is 37.3 Å². The zero-order chi connectivity index (χ0) is 8.72. The van der Waals surface area contributed by atoms with Crippen LogP contribution in [0.4, 0.5) is 0 Å². The van der Waals surface area contributed by atoms with Crippen LogP contribution in [0.25, 0.3) is 0 Å². The highest BCUT2D eigenvalue weighted by atomic mass is 79.9. The number of halogens is 1. The number of hydrogen-bond acceptors (Lipinski definition) is 1. The summed E-state index contributed by atoms with van der Waals surface area (Å²) in [4.78, 5) is 10.4. The van der Waals surface area contributed by atoms with Gasteiger partial charge in [0.05, 0.1) is 0 Å². The third kappa shape index (κ3) is 1.28. The molecular formula is C9H13BrO2. The molecule has 0 spiro atoms. The van der Waals surface area contributed by atoms with Gasteiger partial charge in [-0.3, -0.25) is 4.79 Å². The van der Waals surface area contributed by atoms with Crippen molar-refractivity contribution in [3.05, 3.63) is 0 Å². The Morgan fingerprint density at radius 3 is 2.58 bits per heavy atom. The molecule has 2 fully saturated rings. The van der Waals surface area contributed by atoms with Crippen LogP contribution in [0.1, 0.15) is 25.7 Å². The second-order valence-corrected chi connectivity index (χ2v) is 5.07. The monoisotopic (exact) mass is 232 g/mol. The van der Waals surface area contributed by atoms with E-state index < -0.39 is 5.97 Å². The fraction of sp³-hybridized carbons (Fsp3) is 0.889. The Kier molecular flexibility index (Phi) is 2.15. The lowest BCUT2D eigenvalue weighted by Crippen LogP contribution is -2.27. The number of carboxylic acid groups (broad SMARTS) is 1. The summed E-state index contributed by atoms with van der Waals surface area (Å²) < 4.78 is 0. The summed E-state index contributed by atoms with van der Waals surface area (Å²) in [6, 6.07) is 0. The van der Waals surface area contributed by atoms with Crippen molar-refractivity contribution < 1.29 is 9.90 Å². The highest BCUT2D eigenvalue weighted by Gasteiger charge is 2.44. The number of carboxylic acids is 1. The van der Waals surface area contributed by atoms with E-state index in [2.05, 4.69) is 15.9 Å². The summed E-state index contributed by atoms with van der Waals surface area (Å²) in [5.41, 5.74) is 0. The van der Waals surface area contributed by atoms with Crippen LogP contribution in [-0.4, -0.2) is 15.9 Å². The van der Waals surface area contributed by atoms with Gasteiger partial charge >= 0.3 is 5.97 Å². The first kappa shape index (κ1) is 8.54. The molecular weight excluding hydrogens is 220 g/mol. The van der Waals surface area contributed by atoms with Crippen LogP contribution in [0.5, 0.6) is 0 Å². The van der Waals surface area contributed by atoms with Crippen molar-refractivity contribution >= 4 is 21.9 Å². The number of carbonyl (C=O) groups is 1. The minimum atomic E-state index is -0.687. The maximum atomic E-state index is 10.7. The van der Waals surface area contributed by atoms with Gasteiger partial charge in [0.2, 0.25) is 0 Å².